The van der Waals surface area contributed by atoms with Crippen molar-refractivity contribution in [3.63, 3.8) is 0 Å². The number of halogens is 2. The minimum atomic E-state index is -0.916. The summed E-state index contributed by atoms with van der Waals surface area (Å²) in [5.41, 5.74) is 9.88. The standard InChI is InChI=1S/C26H29ClN6O2S.ClH/c27-26-31-23(28)20-18(25-30-16(13-36-25)9-14-5-2-1-3-6-14)12-33(24(20)32-26)19-10-17(21(34)22(19)35)15-7-4-8-29-11-15;/h1-3,5-6,12-13,15,17,19,21-22,29,34-35H,4,7-11H2,(H2,28,31,32);1H/t15?,17-,19-,21-,22+;/m1./s1. The Hall–Kier alpha value is -2.27. The summed E-state index contributed by atoms with van der Waals surface area (Å²) >= 11 is 7.76. The third kappa shape index (κ3) is 4.96. The predicted octanol–water partition coefficient (Wildman–Crippen LogP) is 4.09. The van der Waals surface area contributed by atoms with Crippen LogP contribution in [0.2, 0.25) is 5.28 Å². The Labute approximate surface area is 230 Å². The molecule has 0 spiro atoms. The number of nitrogens with one attached hydrogen (secondary N) is 1. The number of hydrogen-bond acceptors (Lipinski definition) is 8. The van der Waals surface area contributed by atoms with Gasteiger partial charge in [-0.25, -0.2) is 9.97 Å². The molecule has 0 radical (unpaired) electrons. The summed E-state index contributed by atoms with van der Waals surface area (Å²) in [5.74, 6) is 0.614. The van der Waals surface area contributed by atoms with E-state index in [0.717, 1.165) is 48.6 Å². The highest BCUT2D eigenvalue weighted by Crippen LogP contribution is 2.45. The normalized spacial score (nSPS) is 25.9. The van der Waals surface area contributed by atoms with Crippen LogP contribution < -0.4 is 11.1 Å². The predicted molar refractivity (Wildman–Crippen MR) is 149 cm³/mol. The van der Waals surface area contributed by atoms with Gasteiger partial charge < -0.3 is 25.8 Å². The average molecular weight is 562 g/mol. The van der Waals surface area contributed by atoms with E-state index in [-0.39, 0.29) is 35.5 Å². The van der Waals surface area contributed by atoms with Gasteiger partial charge in [-0.3, -0.25) is 0 Å². The number of rotatable bonds is 5. The van der Waals surface area contributed by atoms with Crippen molar-refractivity contribution in [2.45, 2.75) is 43.9 Å². The molecule has 1 aromatic carbocycles. The second-order valence-electron chi connectivity index (χ2n) is 9.89. The lowest BCUT2D eigenvalue weighted by atomic mass is 9.83. The van der Waals surface area contributed by atoms with E-state index in [1.165, 1.54) is 5.56 Å². The first kappa shape index (κ1) is 26.3. The highest BCUT2D eigenvalue weighted by Gasteiger charge is 2.46. The highest BCUT2D eigenvalue weighted by molar-refractivity contribution is 7.13. The number of nitrogens with zero attached hydrogens (tertiary/aromatic N) is 4. The Morgan fingerprint density at radius 3 is 2.70 bits per heavy atom. The van der Waals surface area contributed by atoms with Gasteiger partial charge in [0.1, 0.15) is 22.6 Å². The number of hydrogen-bond donors (Lipinski definition) is 4. The van der Waals surface area contributed by atoms with E-state index in [9.17, 15) is 10.2 Å². The van der Waals surface area contributed by atoms with Crippen molar-refractivity contribution in [1.29, 1.82) is 0 Å². The molecule has 1 saturated heterocycles. The minimum Gasteiger partial charge on any atom is -0.390 e. The smallest absolute Gasteiger partial charge is 0.226 e. The van der Waals surface area contributed by atoms with Gasteiger partial charge in [-0.2, -0.15) is 4.98 Å². The molecule has 196 valence electrons. The van der Waals surface area contributed by atoms with Crippen LogP contribution in [0.15, 0.2) is 41.9 Å². The summed E-state index contributed by atoms with van der Waals surface area (Å²) < 4.78 is 1.93. The quantitative estimate of drug-likeness (QED) is 0.271. The van der Waals surface area contributed by atoms with Gasteiger partial charge in [0.15, 0.2) is 0 Å². The summed E-state index contributed by atoms with van der Waals surface area (Å²) in [5, 5.41) is 29.2. The molecule has 5 N–H and O–H groups in total. The van der Waals surface area contributed by atoms with Gasteiger partial charge >= 0.3 is 0 Å². The largest absolute Gasteiger partial charge is 0.390 e. The molecule has 0 amide bonds. The third-order valence-corrected chi connectivity index (χ3v) is 8.77. The molecule has 0 bridgehead atoms. The molecule has 2 fully saturated rings. The first-order valence-electron chi connectivity index (χ1n) is 12.4. The number of nitrogen functional groups attached to an aromatic ring is 1. The van der Waals surface area contributed by atoms with Crippen molar-refractivity contribution < 1.29 is 10.2 Å². The number of fused-ring (bicyclic) bond motifs is 1. The van der Waals surface area contributed by atoms with Crippen LogP contribution in [0.4, 0.5) is 5.82 Å². The van der Waals surface area contributed by atoms with Crippen molar-refractivity contribution in [2.75, 3.05) is 18.8 Å². The summed E-state index contributed by atoms with van der Waals surface area (Å²) in [7, 11) is 0. The van der Waals surface area contributed by atoms with Crippen molar-refractivity contribution in [3.05, 3.63) is 58.4 Å². The molecule has 4 heterocycles. The Balaban J connectivity index is 0.00000280. The molecule has 1 saturated carbocycles. The summed E-state index contributed by atoms with van der Waals surface area (Å²) in [6.45, 7) is 1.87. The molecule has 1 aliphatic heterocycles. The number of piperidine rings is 1. The van der Waals surface area contributed by atoms with Crippen LogP contribution in [-0.2, 0) is 6.42 Å². The van der Waals surface area contributed by atoms with Gasteiger partial charge in [0.2, 0.25) is 5.28 Å². The minimum absolute atomic E-state index is 0. The number of benzene rings is 1. The summed E-state index contributed by atoms with van der Waals surface area (Å²) in [4.78, 5) is 13.6. The van der Waals surface area contributed by atoms with Crippen LogP contribution in [-0.4, -0.2) is 55.0 Å². The molecule has 4 aromatic rings. The Morgan fingerprint density at radius 1 is 1.14 bits per heavy atom. The van der Waals surface area contributed by atoms with E-state index in [1.807, 2.05) is 29.0 Å². The maximum absolute atomic E-state index is 11.1. The van der Waals surface area contributed by atoms with Gasteiger partial charge in [-0.15, -0.1) is 23.7 Å². The maximum Gasteiger partial charge on any atom is 0.226 e. The molecule has 11 heteroatoms. The van der Waals surface area contributed by atoms with Crippen molar-refractivity contribution in [1.82, 2.24) is 24.8 Å². The highest BCUT2D eigenvalue weighted by atomic mass is 35.5. The fourth-order valence-corrected chi connectivity index (χ4v) is 6.92. The van der Waals surface area contributed by atoms with Crippen molar-refractivity contribution >= 4 is 52.2 Å². The molecule has 1 unspecified atom stereocenters. The topological polar surface area (TPSA) is 122 Å². The molecule has 6 rings (SSSR count). The molecule has 5 atom stereocenters. The Kier molecular flexibility index (Phi) is 7.72. The number of thiazole rings is 1. The lowest BCUT2D eigenvalue weighted by Gasteiger charge is -2.30. The van der Waals surface area contributed by atoms with Crippen LogP contribution in [0.5, 0.6) is 0 Å². The second-order valence-corrected chi connectivity index (χ2v) is 11.1. The van der Waals surface area contributed by atoms with Crippen molar-refractivity contribution in [2.24, 2.45) is 11.8 Å². The van der Waals surface area contributed by atoms with E-state index < -0.39 is 12.2 Å². The lowest BCUT2D eigenvalue weighted by molar-refractivity contribution is -0.00692. The van der Waals surface area contributed by atoms with E-state index in [2.05, 4.69) is 32.8 Å². The van der Waals surface area contributed by atoms with Gasteiger partial charge in [0, 0.05) is 23.6 Å². The number of aliphatic hydroxyl groups excluding tert-OH is 2. The van der Waals surface area contributed by atoms with E-state index in [1.54, 1.807) is 11.3 Å². The zero-order chi connectivity index (χ0) is 24.8. The SMILES string of the molecule is Cl.Nc1nc(Cl)nc2c1c(-c1nc(Cc3ccccc3)cs1)cn2[C@@H]1C[C@H](C2CCCNC2)[C@@H](O)[C@H]1O. The fraction of sp³-hybridized carbons (Fsp3) is 0.423. The summed E-state index contributed by atoms with van der Waals surface area (Å²) in [6.07, 6.45) is 3.75. The number of anilines is 1. The molecular formula is C26H30Cl2N6O2S. The van der Waals surface area contributed by atoms with Crippen LogP contribution in [0.1, 0.15) is 36.6 Å². The zero-order valence-electron chi connectivity index (χ0n) is 20.1. The van der Waals surface area contributed by atoms with Crippen LogP contribution in [0, 0.1) is 11.8 Å². The monoisotopic (exact) mass is 560 g/mol. The first-order valence-corrected chi connectivity index (χ1v) is 13.6. The molecular weight excluding hydrogens is 531 g/mol. The van der Waals surface area contributed by atoms with Crippen LogP contribution in [0.25, 0.3) is 21.6 Å². The van der Waals surface area contributed by atoms with Gasteiger partial charge in [0.05, 0.1) is 23.2 Å². The number of nitrogens with two attached hydrogens (primary N) is 1. The van der Waals surface area contributed by atoms with E-state index >= 15 is 0 Å². The molecule has 3 aromatic heterocycles. The molecule has 8 nitrogen and oxygen atoms in total. The van der Waals surface area contributed by atoms with Crippen LogP contribution >= 0.6 is 35.3 Å². The van der Waals surface area contributed by atoms with Crippen molar-refractivity contribution in [3.8, 4) is 10.6 Å². The lowest BCUT2D eigenvalue weighted by Crippen LogP contribution is -2.39. The first-order chi connectivity index (χ1) is 17.5. The second kappa shape index (κ2) is 10.8. The fourth-order valence-electron chi connectivity index (χ4n) is 5.91. The van der Waals surface area contributed by atoms with Gasteiger partial charge in [-0.05, 0) is 61.4 Å². The van der Waals surface area contributed by atoms with Gasteiger partial charge in [-0.1, -0.05) is 30.3 Å². The third-order valence-electron chi connectivity index (χ3n) is 7.68. The zero-order valence-corrected chi connectivity index (χ0v) is 22.5. The van der Waals surface area contributed by atoms with Gasteiger partial charge in [0.25, 0.3) is 0 Å². The molecule has 2 aliphatic rings. The maximum atomic E-state index is 11.1. The average Bonchev–Trinajstić information content (AvgIpc) is 3.57. The van der Waals surface area contributed by atoms with Crippen LogP contribution in [0.3, 0.4) is 0 Å². The summed E-state index contributed by atoms with van der Waals surface area (Å²) in [6, 6.07) is 9.87. The van der Waals surface area contributed by atoms with E-state index in [4.69, 9.17) is 22.3 Å². The number of aromatic nitrogens is 4. The number of aliphatic hydroxyl groups is 2. The Bertz CT molecular complexity index is 1370. The molecule has 1 aliphatic carbocycles. The van der Waals surface area contributed by atoms with E-state index in [0.29, 0.717) is 23.4 Å². The Morgan fingerprint density at radius 2 is 1.95 bits per heavy atom. The molecule has 37 heavy (non-hydrogen) atoms.